The second-order valence-corrected chi connectivity index (χ2v) is 7.18. The van der Waals surface area contributed by atoms with Crippen LogP contribution in [0.1, 0.15) is 32.1 Å². The molecule has 2 fully saturated rings. The van der Waals surface area contributed by atoms with E-state index in [9.17, 15) is 9.90 Å². The van der Waals surface area contributed by atoms with Crippen LogP contribution in [0, 0.1) is 0 Å². The van der Waals surface area contributed by atoms with Crippen molar-refractivity contribution >= 4 is 11.0 Å². The number of fused-ring (bicyclic) bond motifs is 1. The van der Waals surface area contributed by atoms with E-state index in [-0.39, 0.29) is 5.56 Å². The van der Waals surface area contributed by atoms with Crippen molar-refractivity contribution in [1.29, 1.82) is 0 Å². The van der Waals surface area contributed by atoms with Crippen LogP contribution in [0.15, 0.2) is 29.2 Å². The van der Waals surface area contributed by atoms with Crippen molar-refractivity contribution in [2.24, 2.45) is 0 Å². The number of aryl methyl sites for hydroxylation is 1. The number of hydrogen-bond acceptors (Lipinski definition) is 6. The maximum Gasteiger partial charge on any atom is 0.251 e. The number of methoxy groups -OCH3 is 1. The highest BCUT2D eigenvalue weighted by molar-refractivity contribution is 5.75. The molecule has 1 saturated carbocycles. The summed E-state index contributed by atoms with van der Waals surface area (Å²) < 4.78 is 18.4. The van der Waals surface area contributed by atoms with Crippen LogP contribution in [0.2, 0.25) is 0 Å². The first kappa shape index (κ1) is 17.5. The summed E-state index contributed by atoms with van der Waals surface area (Å²) >= 11 is 0. The molecule has 1 spiro atoms. The predicted molar refractivity (Wildman–Crippen MR) is 95.2 cm³/mol. The summed E-state index contributed by atoms with van der Waals surface area (Å²) in [5.41, 5.74) is 0.530. The number of rotatable bonds is 4. The maximum atomic E-state index is 12.4. The fraction of sp³-hybridized carbons (Fsp3) is 0.579. The zero-order valence-corrected chi connectivity index (χ0v) is 14.9. The Morgan fingerprint density at radius 2 is 1.96 bits per heavy atom. The van der Waals surface area contributed by atoms with Gasteiger partial charge in [-0.15, -0.1) is 0 Å². The molecule has 2 aromatic heterocycles. The van der Waals surface area contributed by atoms with Gasteiger partial charge in [-0.2, -0.15) is 0 Å². The highest BCUT2D eigenvalue weighted by Crippen LogP contribution is 2.41. The van der Waals surface area contributed by atoms with Crippen LogP contribution in [0.25, 0.3) is 11.0 Å². The second-order valence-electron chi connectivity index (χ2n) is 7.18. The Kier molecular flexibility index (Phi) is 4.46. The van der Waals surface area contributed by atoms with Gasteiger partial charge in [-0.05, 0) is 25.3 Å². The minimum absolute atomic E-state index is 0.106. The van der Waals surface area contributed by atoms with Gasteiger partial charge in [-0.1, -0.05) is 0 Å². The Hall–Kier alpha value is -1.96. The van der Waals surface area contributed by atoms with Crippen molar-refractivity contribution < 1.29 is 19.3 Å². The lowest BCUT2D eigenvalue weighted by molar-refractivity contribution is -0.203. The monoisotopic (exact) mass is 360 g/mol. The van der Waals surface area contributed by atoms with Crippen molar-refractivity contribution in [3.05, 3.63) is 34.7 Å². The topological polar surface area (TPSA) is 82.8 Å². The van der Waals surface area contributed by atoms with E-state index in [1.807, 2.05) is 6.07 Å². The van der Waals surface area contributed by atoms with E-state index >= 15 is 0 Å². The van der Waals surface area contributed by atoms with E-state index in [0.29, 0.717) is 57.6 Å². The van der Waals surface area contributed by atoms with E-state index in [1.54, 1.807) is 23.9 Å². The van der Waals surface area contributed by atoms with Crippen LogP contribution in [0.4, 0.5) is 0 Å². The van der Waals surface area contributed by atoms with Crippen LogP contribution < -0.4 is 10.3 Å². The minimum Gasteiger partial charge on any atom is -0.495 e. The average molecular weight is 360 g/mol. The SMILES string of the molecule is COc1cnc2ccc(=O)n(CCC3(O)CCC4(CC3)OCCO4)c2c1. The number of aliphatic hydroxyl groups is 1. The van der Waals surface area contributed by atoms with Crippen LogP contribution in [-0.4, -0.2) is 46.4 Å². The van der Waals surface area contributed by atoms with Gasteiger partial charge >= 0.3 is 0 Å². The molecule has 4 rings (SSSR count). The number of hydrogen-bond donors (Lipinski definition) is 1. The zero-order valence-electron chi connectivity index (χ0n) is 14.9. The normalized spacial score (nSPS) is 21.3. The van der Waals surface area contributed by atoms with Gasteiger partial charge in [0.05, 0.1) is 43.2 Å². The molecule has 0 amide bonds. The second kappa shape index (κ2) is 6.64. The molecule has 0 bridgehead atoms. The molecule has 2 aliphatic rings. The highest BCUT2D eigenvalue weighted by atomic mass is 16.7. The Morgan fingerprint density at radius 1 is 1.23 bits per heavy atom. The summed E-state index contributed by atoms with van der Waals surface area (Å²) in [6.07, 6.45) is 4.71. The van der Waals surface area contributed by atoms with Gasteiger partial charge in [0, 0.05) is 31.5 Å². The number of nitrogens with zero attached hydrogens (tertiary/aromatic N) is 2. The molecule has 7 nitrogen and oxygen atoms in total. The van der Waals surface area contributed by atoms with Crippen LogP contribution in [0.5, 0.6) is 5.75 Å². The molecule has 2 aromatic rings. The molecule has 1 aliphatic carbocycles. The lowest BCUT2D eigenvalue weighted by Gasteiger charge is -2.40. The lowest BCUT2D eigenvalue weighted by atomic mass is 9.79. The average Bonchev–Trinajstić information content (AvgIpc) is 3.12. The molecule has 1 saturated heterocycles. The largest absolute Gasteiger partial charge is 0.495 e. The summed E-state index contributed by atoms with van der Waals surface area (Å²) in [7, 11) is 1.57. The molecule has 0 aromatic carbocycles. The van der Waals surface area contributed by atoms with Gasteiger partial charge in [0.2, 0.25) is 0 Å². The first-order valence-electron chi connectivity index (χ1n) is 9.07. The van der Waals surface area contributed by atoms with E-state index < -0.39 is 11.4 Å². The third kappa shape index (κ3) is 3.22. The van der Waals surface area contributed by atoms with E-state index in [2.05, 4.69) is 4.98 Å². The third-order valence-corrected chi connectivity index (χ3v) is 5.61. The quantitative estimate of drug-likeness (QED) is 0.896. The van der Waals surface area contributed by atoms with Crippen molar-refractivity contribution in [3.8, 4) is 5.75 Å². The van der Waals surface area contributed by atoms with E-state index in [4.69, 9.17) is 14.2 Å². The molecular weight excluding hydrogens is 336 g/mol. The summed E-state index contributed by atoms with van der Waals surface area (Å²) in [6.45, 7) is 1.67. The van der Waals surface area contributed by atoms with Crippen LogP contribution >= 0.6 is 0 Å². The van der Waals surface area contributed by atoms with Gasteiger partial charge in [-0.3, -0.25) is 9.78 Å². The lowest BCUT2D eigenvalue weighted by Crippen LogP contribution is -2.44. The molecule has 0 radical (unpaired) electrons. The summed E-state index contributed by atoms with van der Waals surface area (Å²) in [6, 6.07) is 5.03. The Balaban J connectivity index is 1.52. The standard InChI is InChI=1S/C19H24N2O5/c1-24-14-12-16-15(20-13-14)2-3-17(22)21(16)9-8-18(23)4-6-19(7-5-18)25-10-11-26-19/h2-3,12-13,23H,4-11H2,1H3. The van der Waals surface area contributed by atoms with Crippen molar-refractivity contribution in [2.45, 2.75) is 50.0 Å². The molecule has 0 atom stereocenters. The first-order chi connectivity index (χ1) is 12.5. The maximum absolute atomic E-state index is 12.4. The van der Waals surface area contributed by atoms with Gasteiger partial charge in [0.1, 0.15) is 5.75 Å². The number of aromatic nitrogens is 2. The minimum atomic E-state index is -0.811. The smallest absolute Gasteiger partial charge is 0.251 e. The highest BCUT2D eigenvalue weighted by Gasteiger charge is 2.45. The summed E-state index contributed by atoms with van der Waals surface area (Å²) in [5, 5.41) is 11.0. The molecule has 7 heteroatoms. The zero-order chi connectivity index (χ0) is 18.2. The van der Waals surface area contributed by atoms with Crippen molar-refractivity contribution in [3.63, 3.8) is 0 Å². The molecule has 1 aliphatic heterocycles. The predicted octanol–water partition coefficient (Wildman–Crippen LogP) is 1.84. The Morgan fingerprint density at radius 3 is 2.65 bits per heavy atom. The van der Waals surface area contributed by atoms with Crippen molar-refractivity contribution in [2.75, 3.05) is 20.3 Å². The third-order valence-electron chi connectivity index (χ3n) is 5.61. The molecule has 26 heavy (non-hydrogen) atoms. The molecule has 3 heterocycles. The van der Waals surface area contributed by atoms with E-state index in [1.165, 1.54) is 6.07 Å². The molecule has 140 valence electrons. The molecule has 1 N–H and O–H groups in total. The van der Waals surface area contributed by atoms with Gasteiger partial charge < -0.3 is 23.9 Å². The van der Waals surface area contributed by atoms with Gasteiger partial charge in [-0.25, -0.2) is 0 Å². The Bertz CT molecular complexity index is 847. The van der Waals surface area contributed by atoms with Crippen LogP contribution in [-0.2, 0) is 16.0 Å². The number of pyridine rings is 2. The number of ether oxygens (including phenoxy) is 3. The fourth-order valence-corrected chi connectivity index (χ4v) is 3.94. The molecular formula is C19H24N2O5. The summed E-state index contributed by atoms with van der Waals surface area (Å²) in [4.78, 5) is 16.7. The van der Waals surface area contributed by atoms with Gasteiger partial charge in [0.15, 0.2) is 5.79 Å². The Labute approximate surface area is 151 Å². The van der Waals surface area contributed by atoms with Gasteiger partial charge in [0.25, 0.3) is 5.56 Å². The van der Waals surface area contributed by atoms with Crippen molar-refractivity contribution in [1.82, 2.24) is 9.55 Å². The molecule has 0 unspecified atom stereocenters. The van der Waals surface area contributed by atoms with E-state index in [0.717, 1.165) is 11.0 Å². The van der Waals surface area contributed by atoms with Crippen LogP contribution in [0.3, 0.4) is 0 Å². The summed E-state index contributed by atoms with van der Waals surface area (Å²) in [5.74, 6) is 0.102. The first-order valence-corrected chi connectivity index (χ1v) is 9.07. The fourth-order valence-electron chi connectivity index (χ4n) is 3.94.